The monoisotopic (exact) mass is 488 g/mol. The van der Waals surface area contributed by atoms with Crippen LogP contribution >= 0.6 is 0 Å². The summed E-state index contributed by atoms with van der Waals surface area (Å²) >= 11 is 0. The van der Waals surface area contributed by atoms with Crippen LogP contribution in [0, 0.1) is 5.82 Å². The van der Waals surface area contributed by atoms with Gasteiger partial charge >= 0.3 is 6.18 Å². The van der Waals surface area contributed by atoms with E-state index in [-0.39, 0.29) is 24.4 Å². The maximum absolute atomic E-state index is 13.5. The minimum atomic E-state index is -4.69. The number of anilines is 3. The highest BCUT2D eigenvalue weighted by molar-refractivity contribution is 5.95. The van der Waals surface area contributed by atoms with Crippen LogP contribution in [-0.4, -0.2) is 35.0 Å². The van der Waals surface area contributed by atoms with Gasteiger partial charge in [0, 0.05) is 36.6 Å². The van der Waals surface area contributed by atoms with Crippen molar-refractivity contribution in [3.05, 3.63) is 77.2 Å². The average Bonchev–Trinajstić information content (AvgIpc) is 2.83. The van der Waals surface area contributed by atoms with Crippen LogP contribution in [0.3, 0.4) is 0 Å². The molecule has 2 heterocycles. The second-order valence-electron chi connectivity index (χ2n) is 8.16. The average molecular weight is 488 g/mol. The summed E-state index contributed by atoms with van der Waals surface area (Å²) in [6, 6.07) is 12.1. The van der Waals surface area contributed by atoms with Crippen LogP contribution in [0.2, 0.25) is 0 Å². The molecule has 1 aliphatic heterocycles. The van der Waals surface area contributed by atoms with Gasteiger partial charge in [0.2, 0.25) is 5.95 Å². The van der Waals surface area contributed by atoms with E-state index >= 15 is 0 Å². The van der Waals surface area contributed by atoms with Gasteiger partial charge in [-0.3, -0.25) is 4.79 Å². The molecule has 4 N–H and O–H groups in total. The van der Waals surface area contributed by atoms with Crippen LogP contribution in [0.15, 0.2) is 54.7 Å². The smallest absolute Gasteiger partial charge is 0.365 e. The molecular weight excluding hydrogens is 464 g/mol. The summed E-state index contributed by atoms with van der Waals surface area (Å²) in [5, 5.41) is 11.7. The Kier molecular flexibility index (Phi) is 7.45. The molecule has 0 spiro atoms. The molecule has 1 atom stereocenters. The van der Waals surface area contributed by atoms with E-state index in [1.165, 1.54) is 18.2 Å². The number of carbonyl (C=O) groups is 1. The Bertz CT molecular complexity index is 1180. The molecule has 0 bridgehead atoms. The lowest BCUT2D eigenvalue weighted by molar-refractivity contribution is -0.137. The summed E-state index contributed by atoms with van der Waals surface area (Å²) in [5.74, 6) is -1.27. The molecule has 2 aromatic carbocycles. The van der Waals surface area contributed by atoms with Crippen LogP contribution in [0.4, 0.5) is 35.0 Å². The first-order valence-corrected chi connectivity index (χ1v) is 11.1. The summed E-state index contributed by atoms with van der Waals surface area (Å²) in [7, 11) is 0. The lowest BCUT2D eigenvalue weighted by Crippen LogP contribution is -2.45. The number of amides is 1. The van der Waals surface area contributed by atoms with Gasteiger partial charge in [-0.05, 0) is 55.3 Å². The highest BCUT2D eigenvalue weighted by atomic mass is 19.4. The van der Waals surface area contributed by atoms with Gasteiger partial charge in [-0.1, -0.05) is 18.2 Å². The molecule has 11 heteroatoms. The third kappa shape index (κ3) is 6.66. The van der Waals surface area contributed by atoms with Gasteiger partial charge in [0.05, 0.1) is 0 Å². The molecule has 1 aromatic heterocycles. The van der Waals surface area contributed by atoms with Gasteiger partial charge < -0.3 is 21.3 Å². The predicted octanol–water partition coefficient (Wildman–Crippen LogP) is 4.47. The van der Waals surface area contributed by atoms with E-state index in [9.17, 15) is 22.4 Å². The molecule has 1 fully saturated rings. The molecule has 0 radical (unpaired) electrons. The molecule has 0 aliphatic carbocycles. The molecule has 4 rings (SSSR count). The molecule has 1 aliphatic rings. The van der Waals surface area contributed by atoms with E-state index in [2.05, 4.69) is 31.2 Å². The van der Waals surface area contributed by atoms with Gasteiger partial charge in [0.1, 0.15) is 17.2 Å². The molecular formula is C24H24F4N6O. The first kappa shape index (κ1) is 24.4. The minimum absolute atomic E-state index is 0.0397. The molecule has 184 valence electrons. The van der Waals surface area contributed by atoms with Crippen molar-refractivity contribution in [3.8, 4) is 0 Å². The number of piperidine rings is 1. The molecule has 0 unspecified atom stereocenters. The van der Waals surface area contributed by atoms with Crippen LogP contribution in [-0.2, 0) is 12.7 Å². The molecule has 1 saturated heterocycles. The zero-order valence-electron chi connectivity index (χ0n) is 18.6. The van der Waals surface area contributed by atoms with Crippen LogP contribution in [0.1, 0.15) is 34.3 Å². The van der Waals surface area contributed by atoms with E-state index in [0.29, 0.717) is 29.6 Å². The Labute approximate surface area is 199 Å². The Morgan fingerprint density at radius 1 is 1.14 bits per heavy atom. The zero-order valence-corrected chi connectivity index (χ0v) is 18.6. The van der Waals surface area contributed by atoms with Crippen molar-refractivity contribution < 1.29 is 22.4 Å². The van der Waals surface area contributed by atoms with Gasteiger partial charge in [0.15, 0.2) is 0 Å². The third-order valence-corrected chi connectivity index (χ3v) is 5.46. The zero-order chi connectivity index (χ0) is 24.8. The topological polar surface area (TPSA) is 91.0 Å². The Balaban J connectivity index is 1.50. The van der Waals surface area contributed by atoms with Crippen molar-refractivity contribution in [2.24, 2.45) is 0 Å². The largest absolute Gasteiger partial charge is 0.421 e. The fraction of sp³-hybridized carbons (Fsp3) is 0.292. The number of benzene rings is 2. The van der Waals surface area contributed by atoms with Crippen molar-refractivity contribution in [2.75, 3.05) is 23.7 Å². The number of nitrogens with zero attached hydrogens (tertiary/aromatic N) is 2. The fourth-order valence-corrected chi connectivity index (χ4v) is 3.73. The van der Waals surface area contributed by atoms with E-state index in [4.69, 9.17) is 0 Å². The molecule has 3 aromatic rings. The lowest BCUT2D eigenvalue weighted by Gasteiger charge is -2.23. The van der Waals surface area contributed by atoms with Crippen LogP contribution in [0.25, 0.3) is 0 Å². The number of alkyl halides is 3. The quantitative estimate of drug-likeness (QED) is 0.367. The Morgan fingerprint density at radius 2 is 1.97 bits per heavy atom. The summed E-state index contributed by atoms with van der Waals surface area (Å²) < 4.78 is 53.9. The molecule has 35 heavy (non-hydrogen) atoms. The summed E-state index contributed by atoms with van der Waals surface area (Å²) in [5.41, 5.74) is 0.249. The van der Waals surface area contributed by atoms with E-state index < -0.39 is 23.4 Å². The third-order valence-electron chi connectivity index (χ3n) is 5.46. The maximum atomic E-state index is 13.5. The van der Waals surface area contributed by atoms with Crippen LogP contribution < -0.4 is 21.3 Å². The van der Waals surface area contributed by atoms with E-state index in [1.807, 2.05) is 0 Å². The first-order valence-electron chi connectivity index (χ1n) is 11.1. The van der Waals surface area contributed by atoms with E-state index in [1.54, 1.807) is 30.3 Å². The number of halogens is 4. The summed E-state index contributed by atoms with van der Waals surface area (Å²) in [6.07, 6.45) is -2.14. The first-order chi connectivity index (χ1) is 16.8. The van der Waals surface area contributed by atoms with Gasteiger partial charge in [-0.2, -0.15) is 18.2 Å². The number of carbonyl (C=O) groups excluding carboxylic acids is 1. The lowest BCUT2D eigenvalue weighted by atomic mass is 10.1. The van der Waals surface area contributed by atoms with Gasteiger partial charge in [-0.25, -0.2) is 9.37 Å². The molecule has 7 nitrogen and oxygen atoms in total. The number of rotatable bonds is 7. The van der Waals surface area contributed by atoms with Crippen molar-refractivity contribution in [1.82, 2.24) is 20.6 Å². The van der Waals surface area contributed by atoms with Crippen molar-refractivity contribution in [1.29, 1.82) is 0 Å². The Morgan fingerprint density at radius 3 is 2.71 bits per heavy atom. The number of nitrogens with one attached hydrogen (secondary N) is 4. The van der Waals surface area contributed by atoms with Crippen LogP contribution in [0.5, 0.6) is 0 Å². The van der Waals surface area contributed by atoms with Crippen molar-refractivity contribution in [2.45, 2.75) is 31.6 Å². The Hall–Kier alpha value is -3.73. The summed E-state index contributed by atoms with van der Waals surface area (Å²) in [6.45, 7) is 1.56. The summed E-state index contributed by atoms with van der Waals surface area (Å²) in [4.78, 5) is 20.4. The van der Waals surface area contributed by atoms with Gasteiger partial charge in [-0.15, -0.1) is 0 Å². The number of hydrogen-bond acceptors (Lipinski definition) is 6. The highest BCUT2D eigenvalue weighted by Gasteiger charge is 2.35. The maximum Gasteiger partial charge on any atom is 0.421 e. The molecule has 1 amide bonds. The standard InChI is InChI=1S/C24H24F4N6O/c25-17-6-1-4-15(10-17)12-30-21-20(24(26,27)28)14-31-23(34-21)33-18-7-2-5-16(11-18)22(35)32-19-8-3-9-29-13-19/h1-2,4-7,10-11,14,19,29H,3,8-9,12-13H2,(H,32,35)(H2,30,31,33,34)/t19-/m1/s1. The van der Waals surface area contributed by atoms with Crippen molar-refractivity contribution in [3.63, 3.8) is 0 Å². The predicted molar refractivity (Wildman–Crippen MR) is 124 cm³/mol. The second kappa shape index (κ2) is 10.7. The fourth-order valence-electron chi connectivity index (χ4n) is 3.73. The number of aromatic nitrogens is 2. The highest BCUT2D eigenvalue weighted by Crippen LogP contribution is 2.34. The normalized spacial score (nSPS) is 15.9. The second-order valence-corrected chi connectivity index (χ2v) is 8.16. The molecule has 0 saturated carbocycles. The van der Waals surface area contributed by atoms with Crippen molar-refractivity contribution >= 4 is 23.4 Å². The van der Waals surface area contributed by atoms with Gasteiger partial charge in [0.25, 0.3) is 5.91 Å². The minimum Gasteiger partial charge on any atom is -0.365 e. The van der Waals surface area contributed by atoms with E-state index in [0.717, 1.165) is 19.4 Å². The number of hydrogen-bond donors (Lipinski definition) is 4. The SMILES string of the molecule is O=C(N[C@@H]1CCCNC1)c1cccc(Nc2ncc(C(F)(F)F)c(NCc3cccc(F)c3)n2)c1.